The first-order chi connectivity index (χ1) is 27.6. The Balaban J connectivity index is 1.21. The third-order valence-corrected chi connectivity index (χ3v) is 11.4. The molecule has 11 nitrogen and oxygen atoms in total. The van der Waals surface area contributed by atoms with Crippen LogP contribution in [0.25, 0.3) is 44.3 Å². The zero-order valence-electron chi connectivity index (χ0n) is 31.0. The van der Waals surface area contributed by atoms with Crippen molar-refractivity contribution in [1.29, 1.82) is 0 Å². The van der Waals surface area contributed by atoms with E-state index in [9.17, 15) is 35.2 Å². The molecule has 0 saturated heterocycles. The summed E-state index contributed by atoms with van der Waals surface area (Å²) < 4.78 is 102. The molecule has 17 heteroatoms. The van der Waals surface area contributed by atoms with E-state index < -0.39 is 52.0 Å². The van der Waals surface area contributed by atoms with E-state index in [4.69, 9.17) is 4.98 Å². The summed E-state index contributed by atoms with van der Waals surface area (Å²) in [7, 11) is -2.08. The van der Waals surface area contributed by atoms with Crippen LogP contribution in [-0.2, 0) is 47.4 Å². The van der Waals surface area contributed by atoms with Gasteiger partial charge in [0.1, 0.15) is 18.2 Å². The lowest BCUT2D eigenvalue weighted by Gasteiger charge is -2.23. The molecule has 4 heterocycles. The maximum atomic E-state index is 14.7. The van der Waals surface area contributed by atoms with Gasteiger partial charge in [0, 0.05) is 52.5 Å². The van der Waals surface area contributed by atoms with Crippen LogP contribution in [-0.4, -0.2) is 50.1 Å². The topological polar surface area (TPSA) is 140 Å². The van der Waals surface area contributed by atoms with Gasteiger partial charge in [0.05, 0.1) is 34.5 Å². The number of anilines is 1. The molecule has 3 N–H and O–H groups in total. The Morgan fingerprint density at radius 3 is 2.47 bits per heavy atom. The number of hydrogen-bond donors (Lipinski definition) is 3. The molecule has 9 rings (SSSR count). The monoisotopic (exact) mass is 814 g/mol. The summed E-state index contributed by atoms with van der Waals surface area (Å²) >= 11 is 0. The second-order valence-electron chi connectivity index (χ2n) is 15.1. The fourth-order valence-electron chi connectivity index (χ4n) is 8.44. The van der Waals surface area contributed by atoms with Gasteiger partial charge >= 0.3 is 6.18 Å². The largest absolute Gasteiger partial charge is 0.435 e. The molecule has 2 aliphatic carbocycles. The molecular formula is C41H35F5N8O3S. The van der Waals surface area contributed by atoms with E-state index in [1.54, 1.807) is 25.2 Å². The number of carbonyl (C=O) groups excluding carboxylic acids is 1. The van der Waals surface area contributed by atoms with Crippen molar-refractivity contribution in [3.05, 3.63) is 119 Å². The summed E-state index contributed by atoms with van der Waals surface area (Å²) in [5.74, 6) is -2.15. The highest BCUT2D eigenvalue weighted by atomic mass is 32.2. The number of pyridine rings is 1. The van der Waals surface area contributed by atoms with Gasteiger partial charge in [-0.3, -0.25) is 18.9 Å². The zero-order chi connectivity index (χ0) is 40.7. The average molecular weight is 815 g/mol. The van der Waals surface area contributed by atoms with Gasteiger partial charge in [0.2, 0.25) is 15.9 Å². The summed E-state index contributed by atoms with van der Waals surface area (Å²) in [6, 6.07) is 20.3. The SMILES string of the molecule is Cn1nc(NS(C)(=O)=O)c2cccc(-c3cc4[nH]c(-c5ccccc5)cc4nc3[C@H](Cc3cc(F)cc(F)c3)NC(=O)Cn3nc(C(F)(F)F)c4c3C3CC3CC4)c21. The molecule has 298 valence electrons. The average Bonchev–Trinajstić information content (AvgIpc) is 3.51. The number of H-pyrrole nitrogens is 1. The molecule has 2 aliphatic rings. The van der Waals surface area contributed by atoms with Gasteiger partial charge in [0.15, 0.2) is 11.5 Å². The lowest BCUT2D eigenvalue weighted by molar-refractivity contribution is -0.142. The molecule has 1 saturated carbocycles. The van der Waals surface area contributed by atoms with Crippen molar-refractivity contribution < 1.29 is 35.2 Å². The minimum absolute atomic E-state index is 0.0856. The molecule has 3 aromatic carbocycles. The van der Waals surface area contributed by atoms with Crippen molar-refractivity contribution in [2.45, 2.75) is 50.4 Å². The summed E-state index contributed by atoms with van der Waals surface area (Å²) in [5, 5.41) is 11.8. The predicted molar refractivity (Wildman–Crippen MR) is 207 cm³/mol. The minimum atomic E-state index is -4.70. The van der Waals surface area contributed by atoms with E-state index in [0.717, 1.165) is 46.8 Å². The number of hydrogen-bond acceptors (Lipinski definition) is 6. The highest BCUT2D eigenvalue weighted by molar-refractivity contribution is 7.92. The van der Waals surface area contributed by atoms with E-state index in [1.165, 1.54) is 4.68 Å². The summed E-state index contributed by atoms with van der Waals surface area (Å²) in [6.07, 6.45) is -2.29. The van der Waals surface area contributed by atoms with Crippen LogP contribution in [0, 0.1) is 17.6 Å². The van der Waals surface area contributed by atoms with Crippen molar-refractivity contribution >= 4 is 43.7 Å². The molecule has 0 bridgehead atoms. The second kappa shape index (κ2) is 13.8. The highest BCUT2D eigenvalue weighted by Gasteiger charge is 2.49. The molecular weight excluding hydrogens is 780 g/mol. The Morgan fingerprint density at radius 1 is 0.983 bits per heavy atom. The Bertz CT molecular complexity index is 2870. The Hall–Kier alpha value is -6.10. The number of sulfonamides is 1. The smallest absolute Gasteiger partial charge is 0.353 e. The van der Waals surface area contributed by atoms with Crippen LogP contribution in [0.2, 0.25) is 0 Å². The number of nitrogens with zero attached hydrogens (tertiary/aromatic N) is 5. The Labute approximate surface area is 328 Å². The predicted octanol–water partition coefficient (Wildman–Crippen LogP) is 7.80. The zero-order valence-corrected chi connectivity index (χ0v) is 31.8. The molecule has 0 spiro atoms. The number of para-hydroxylation sites is 1. The first-order valence-corrected chi connectivity index (χ1v) is 20.4. The standard InChI is InChI=1S/C41H35F5N8O3S/c1-53-37-26(9-6-10-28(37)40(51-53)52-58(2,56)57)30-18-32-33(19-31(47-32)22-7-4-3-5-8-22)49-36(30)34(15-21-13-24(42)17-25(43)14-21)48-35(55)20-54-38-27(12-11-23-16-29(23)38)39(50-54)41(44,45)46/h3-10,13-14,17-19,23,29,34,47H,11-12,15-16,20H2,1-2H3,(H,48,55)(H,51,52)/t23?,29?,34-/m0/s1. The Morgan fingerprint density at radius 2 is 1.74 bits per heavy atom. The van der Waals surface area contributed by atoms with E-state index >= 15 is 0 Å². The number of carbonyl (C=O) groups is 1. The second-order valence-corrected chi connectivity index (χ2v) is 16.8. The van der Waals surface area contributed by atoms with Crippen molar-refractivity contribution in [2.24, 2.45) is 13.0 Å². The van der Waals surface area contributed by atoms with Crippen molar-refractivity contribution in [1.82, 2.24) is 34.8 Å². The van der Waals surface area contributed by atoms with Gasteiger partial charge < -0.3 is 10.3 Å². The van der Waals surface area contributed by atoms with Crippen LogP contribution in [0.15, 0.2) is 78.9 Å². The van der Waals surface area contributed by atoms with E-state index in [1.807, 2.05) is 42.5 Å². The fourth-order valence-corrected chi connectivity index (χ4v) is 8.94. The van der Waals surface area contributed by atoms with E-state index in [2.05, 4.69) is 25.2 Å². The maximum Gasteiger partial charge on any atom is 0.435 e. The van der Waals surface area contributed by atoms with Crippen LogP contribution in [0.5, 0.6) is 0 Å². The normalized spacial score (nSPS) is 16.9. The third kappa shape index (κ3) is 7.07. The lowest BCUT2D eigenvalue weighted by atomic mass is 9.93. The molecule has 3 atom stereocenters. The molecule has 58 heavy (non-hydrogen) atoms. The molecule has 7 aromatic rings. The number of fused-ring (bicyclic) bond motifs is 5. The van der Waals surface area contributed by atoms with E-state index in [0.29, 0.717) is 45.2 Å². The molecule has 2 unspecified atom stereocenters. The van der Waals surface area contributed by atoms with Crippen molar-refractivity contribution in [3.63, 3.8) is 0 Å². The van der Waals surface area contributed by atoms with Crippen LogP contribution in [0.4, 0.5) is 27.8 Å². The first kappa shape index (κ1) is 37.5. The molecule has 1 amide bonds. The Kier molecular flexibility index (Phi) is 8.90. The minimum Gasteiger partial charge on any atom is -0.353 e. The summed E-state index contributed by atoms with van der Waals surface area (Å²) in [5.41, 5.74) is 4.23. The van der Waals surface area contributed by atoms with Crippen LogP contribution >= 0.6 is 0 Å². The van der Waals surface area contributed by atoms with Crippen LogP contribution in [0.1, 0.15) is 53.0 Å². The number of halogens is 5. The van der Waals surface area contributed by atoms with Gasteiger partial charge in [-0.15, -0.1) is 0 Å². The van der Waals surface area contributed by atoms with Crippen molar-refractivity contribution in [3.8, 4) is 22.4 Å². The third-order valence-electron chi connectivity index (χ3n) is 10.9. The number of rotatable bonds is 10. The number of aromatic nitrogens is 6. The first-order valence-electron chi connectivity index (χ1n) is 18.5. The number of benzene rings is 3. The van der Waals surface area contributed by atoms with Gasteiger partial charge in [-0.05, 0) is 73.1 Å². The van der Waals surface area contributed by atoms with Gasteiger partial charge in [-0.2, -0.15) is 23.4 Å². The van der Waals surface area contributed by atoms with Crippen molar-refractivity contribution in [2.75, 3.05) is 11.0 Å². The number of aromatic amines is 1. The van der Waals surface area contributed by atoms with Gasteiger partial charge in [-0.1, -0.05) is 42.5 Å². The fraction of sp³-hybridized carbons (Fsp3) is 0.268. The molecule has 4 aromatic heterocycles. The molecule has 0 aliphatic heterocycles. The number of alkyl halides is 3. The summed E-state index contributed by atoms with van der Waals surface area (Å²) in [6.45, 7) is -0.534. The van der Waals surface area contributed by atoms with Crippen LogP contribution < -0.4 is 10.0 Å². The lowest BCUT2D eigenvalue weighted by Crippen LogP contribution is -2.34. The molecule has 0 radical (unpaired) electrons. The molecule has 1 fully saturated rings. The van der Waals surface area contributed by atoms with E-state index in [-0.39, 0.29) is 47.3 Å². The maximum absolute atomic E-state index is 14.7. The van der Waals surface area contributed by atoms with Crippen LogP contribution in [0.3, 0.4) is 0 Å². The number of amides is 1. The van der Waals surface area contributed by atoms with Gasteiger partial charge in [0.25, 0.3) is 0 Å². The highest BCUT2D eigenvalue weighted by Crippen LogP contribution is 2.56. The quantitative estimate of drug-likeness (QED) is 0.121. The summed E-state index contributed by atoms with van der Waals surface area (Å²) in [4.78, 5) is 22.7. The number of nitrogens with one attached hydrogen (secondary N) is 3. The number of aryl methyl sites for hydroxylation is 1. The van der Waals surface area contributed by atoms with Gasteiger partial charge in [-0.25, -0.2) is 22.2 Å².